The molecule has 204 valence electrons. The Morgan fingerprint density at radius 2 is 1.87 bits per heavy atom. The number of amides is 2. The third-order valence-corrected chi connectivity index (χ3v) is 11.3. The number of ether oxygens (including phenoxy) is 1. The summed E-state index contributed by atoms with van der Waals surface area (Å²) in [6, 6.07) is 16.0. The number of aliphatic hydroxyl groups is 1. The molecule has 0 aromatic heterocycles. The first kappa shape index (κ1) is 27.1. The number of hydrogen-bond acceptors (Lipinski definition) is 5. The molecule has 2 N–H and O–H groups in total. The van der Waals surface area contributed by atoms with Gasteiger partial charge in [-0.3, -0.25) is 9.59 Å². The van der Waals surface area contributed by atoms with E-state index in [-0.39, 0.29) is 54.6 Å². The number of benzene rings is 2. The van der Waals surface area contributed by atoms with Crippen molar-refractivity contribution in [1.29, 1.82) is 0 Å². The summed E-state index contributed by atoms with van der Waals surface area (Å²) < 4.78 is 6.56. The molecule has 3 aliphatic rings. The van der Waals surface area contributed by atoms with Crippen LogP contribution in [0.2, 0.25) is 18.6 Å². The molecule has 5 atom stereocenters. The Balaban J connectivity index is 1.27. The van der Waals surface area contributed by atoms with Crippen molar-refractivity contribution < 1.29 is 24.2 Å². The summed E-state index contributed by atoms with van der Waals surface area (Å²) >= 11 is 0. The topological polar surface area (TPSA) is 90.3 Å². The van der Waals surface area contributed by atoms with Crippen LogP contribution in [0.4, 0.5) is 5.69 Å². The minimum Gasteiger partial charge on any atom is -0.432 e. The third-order valence-electron chi connectivity index (χ3n) is 8.77. The van der Waals surface area contributed by atoms with Crippen molar-refractivity contribution in [2.45, 2.75) is 82.5 Å². The molecule has 2 saturated heterocycles. The molecule has 2 amide bonds. The highest BCUT2D eigenvalue weighted by Crippen LogP contribution is 2.46. The van der Waals surface area contributed by atoms with Crippen molar-refractivity contribution in [3.63, 3.8) is 0 Å². The number of fused-ring (bicyclic) bond motifs is 1. The van der Waals surface area contributed by atoms with Gasteiger partial charge in [-0.2, -0.15) is 0 Å². The zero-order chi connectivity index (χ0) is 27.0. The lowest BCUT2D eigenvalue weighted by atomic mass is 9.93. The van der Waals surface area contributed by atoms with Gasteiger partial charge in [-0.1, -0.05) is 43.3 Å². The van der Waals surface area contributed by atoms with Crippen LogP contribution in [-0.2, 0) is 33.7 Å². The van der Waals surface area contributed by atoms with Crippen LogP contribution in [-0.4, -0.2) is 66.3 Å². The number of carbonyl (C=O) groups excluding carboxylic acids is 2. The fraction of sp³-hybridized carbons (Fsp3) is 0.533. The molecule has 5 rings (SSSR count). The van der Waals surface area contributed by atoms with Gasteiger partial charge in [0, 0.05) is 30.7 Å². The van der Waals surface area contributed by atoms with E-state index in [2.05, 4.69) is 25.1 Å². The molecule has 0 aliphatic carbocycles. The lowest BCUT2D eigenvalue weighted by Crippen LogP contribution is -2.48. The summed E-state index contributed by atoms with van der Waals surface area (Å²) in [6.45, 7) is 7.23. The second kappa shape index (κ2) is 10.9. The molecule has 0 saturated carbocycles. The van der Waals surface area contributed by atoms with Crippen molar-refractivity contribution in [1.82, 2.24) is 4.90 Å². The van der Waals surface area contributed by atoms with E-state index in [1.807, 2.05) is 48.3 Å². The maximum absolute atomic E-state index is 13.6. The van der Waals surface area contributed by atoms with Crippen molar-refractivity contribution in [2.24, 2.45) is 5.92 Å². The van der Waals surface area contributed by atoms with Gasteiger partial charge in [-0.15, -0.1) is 0 Å². The fourth-order valence-corrected chi connectivity index (χ4v) is 9.32. The summed E-state index contributed by atoms with van der Waals surface area (Å²) in [5.74, 6) is 0.280. The molecule has 0 spiro atoms. The van der Waals surface area contributed by atoms with E-state index in [4.69, 9.17) is 4.74 Å². The van der Waals surface area contributed by atoms with E-state index in [9.17, 15) is 19.5 Å². The molecule has 0 radical (unpaired) electrons. The monoisotopic (exact) mass is 536 g/mol. The molecule has 8 heteroatoms. The number of aryl methyl sites for hydroxylation is 1. The van der Waals surface area contributed by atoms with E-state index in [0.29, 0.717) is 19.4 Å². The normalized spacial score (nSPS) is 27.3. The van der Waals surface area contributed by atoms with Crippen molar-refractivity contribution in [3.8, 4) is 0 Å². The first-order valence-electron chi connectivity index (χ1n) is 13.9. The Bertz CT molecular complexity index is 1180. The molecule has 0 unspecified atom stereocenters. The number of carbonyl (C=O) groups is 2. The van der Waals surface area contributed by atoms with Crippen LogP contribution in [0.25, 0.3) is 0 Å². The first-order valence-corrected chi connectivity index (χ1v) is 16.9. The zero-order valence-corrected chi connectivity index (χ0v) is 23.7. The van der Waals surface area contributed by atoms with Gasteiger partial charge in [0.2, 0.25) is 11.8 Å². The van der Waals surface area contributed by atoms with Crippen LogP contribution in [0.1, 0.15) is 42.9 Å². The van der Waals surface area contributed by atoms with Gasteiger partial charge in [0.1, 0.15) is 0 Å². The van der Waals surface area contributed by atoms with Gasteiger partial charge in [0.25, 0.3) is 0 Å². The predicted molar refractivity (Wildman–Crippen MR) is 149 cm³/mol. The maximum Gasteiger partial charge on any atom is 0.228 e. The molecule has 3 aliphatic heterocycles. The van der Waals surface area contributed by atoms with Crippen LogP contribution < -0.4 is 4.90 Å². The van der Waals surface area contributed by atoms with E-state index in [1.54, 1.807) is 4.90 Å². The number of hydrogen-bond donors (Lipinski definition) is 2. The Hall–Kier alpha value is -2.52. The van der Waals surface area contributed by atoms with Gasteiger partial charge in [-0.25, -0.2) is 0 Å². The van der Waals surface area contributed by atoms with Crippen molar-refractivity contribution in [2.75, 3.05) is 18.1 Å². The van der Waals surface area contributed by atoms with Crippen LogP contribution in [0.15, 0.2) is 48.5 Å². The van der Waals surface area contributed by atoms with Gasteiger partial charge in [0.15, 0.2) is 8.32 Å². The van der Waals surface area contributed by atoms with Crippen molar-refractivity contribution >= 4 is 25.8 Å². The van der Waals surface area contributed by atoms with Gasteiger partial charge < -0.3 is 24.4 Å². The lowest BCUT2D eigenvalue weighted by molar-refractivity contribution is -0.138. The highest BCUT2D eigenvalue weighted by atomic mass is 28.4. The SMILES string of the molecule is C[C@H]1[C@H]([Si](C)(C)O)[C@@H](CC(=O)N2Cc3ccccc3C[C@H]2CO)O[C@H]1CCc1cccc(N2CCC2=O)c1. The van der Waals surface area contributed by atoms with Crippen LogP contribution in [0.5, 0.6) is 0 Å². The Kier molecular flexibility index (Phi) is 7.78. The Labute approximate surface area is 226 Å². The highest BCUT2D eigenvalue weighted by Gasteiger charge is 2.50. The number of rotatable bonds is 8. The van der Waals surface area contributed by atoms with Crippen molar-refractivity contribution in [3.05, 3.63) is 65.2 Å². The second-order valence-corrected chi connectivity index (χ2v) is 15.8. The first-order chi connectivity index (χ1) is 18.2. The summed E-state index contributed by atoms with van der Waals surface area (Å²) in [5.41, 5.74) is 4.37. The minimum absolute atomic E-state index is 0.0217. The summed E-state index contributed by atoms with van der Waals surface area (Å²) in [6.07, 6.45) is 2.69. The molecular formula is C30H40N2O5Si. The molecule has 2 aromatic carbocycles. The molecule has 38 heavy (non-hydrogen) atoms. The van der Waals surface area contributed by atoms with E-state index < -0.39 is 8.32 Å². The van der Waals surface area contributed by atoms with Crippen LogP contribution in [0.3, 0.4) is 0 Å². The molecule has 7 nitrogen and oxygen atoms in total. The Morgan fingerprint density at radius 3 is 2.53 bits per heavy atom. The second-order valence-electron chi connectivity index (χ2n) is 11.8. The van der Waals surface area contributed by atoms with Gasteiger partial charge >= 0.3 is 0 Å². The predicted octanol–water partition coefficient (Wildman–Crippen LogP) is 3.66. The average molecular weight is 537 g/mol. The standard InChI is InChI=1S/C30H40N2O5Si/c1-20-26(12-11-21-7-6-10-24(15-21)31-14-13-28(31)34)37-27(30(20)38(2,3)36)17-29(35)32-18-23-9-5-4-8-22(23)16-25(32)19-33/h4-10,15,20,25-27,30,33,36H,11-14,16-19H2,1-3H3/t20-,25+,26+,27-,30+/m1/s1. The number of nitrogens with zero attached hydrogens (tertiary/aromatic N) is 2. The largest absolute Gasteiger partial charge is 0.432 e. The summed E-state index contributed by atoms with van der Waals surface area (Å²) in [5, 5.41) is 10.0. The van der Waals surface area contributed by atoms with E-state index >= 15 is 0 Å². The summed E-state index contributed by atoms with van der Waals surface area (Å²) in [7, 11) is -2.62. The summed E-state index contributed by atoms with van der Waals surface area (Å²) in [4.78, 5) is 40.3. The average Bonchev–Trinajstić information content (AvgIpc) is 3.20. The van der Waals surface area contributed by atoms with Crippen LogP contribution >= 0.6 is 0 Å². The molecular weight excluding hydrogens is 496 g/mol. The Morgan fingerprint density at radius 1 is 1.11 bits per heavy atom. The molecule has 2 fully saturated rings. The minimum atomic E-state index is -2.62. The number of aliphatic hydroxyl groups excluding tert-OH is 1. The fourth-order valence-electron chi connectivity index (χ4n) is 6.72. The number of β-lactam (4-membered cyclic amide) rings is 1. The van der Waals surface area contributed by atoms with E-state index in [0.717, 1.165) is 36.2 Å². The third kappa shape index (κ3) is 5.45. The lowest BCUT2D eigenvalue weighted by Gasteiger charge is -2.37. The number of anilines is 1. The zero-order valence-electron chi connectivity index (χ0n) is 22.7. The maximum atomic E-state index is 13.6. The molecule has 3 heterocycles. The molecule has 2 aromatic rings. The smallest absolute Gasteiger partial charge is 0.228 e. The quantitative estimate of drug-likeness (QED) is 0.397. The van der Waals surface area contributed by atoms with Gasteiger partial charge in [-0.05, 0) is 67.1 Å². The highest BCUT2D eigenvalue weighted by molar-refractivity contribution is 6.71. The molecule has 0 bridgehead atoms. The van der Waals surface area contributed by atoms with Crippen LogP contribution in [0, 0.1) is 5.92 Å². The van der Waals surface area contributed by atoms with E-state index in [1.165, 1.54) is 5.56 Å². The van der Waals surface area contributed by atoms with Gasteiger partial charge in [0.05, 0.1) is 31.3 Å².